The van der Waals surface area contributed by atoms with Crippen LogP contribution in [0.4, 0.5) is 0 Å². The molecule has 0 radical (unpaired) electrons. The minimum absolute atomic E-state index is 0.0761. The smallest absolute Gasteiger partial charge is 0.253 e. The number of rotatable bonds is 4. The minimum atomic E-state index is 0.0761. The molecule has 0 aliphatic heterocycles. The van der Waals surface area contributed by atoms with Gasteiger partial charge in [0.2, 0.25) is 0 Å². The van der Waals surface area contributed by atoms with Crippen LogP contribution >= 0.6 is 27.3 Å². The Morgan fingerprint density at radius 2 is 2.16 bits per heavy atom. The van der Waals surface area contributed by atoms with Crippen LogP contribution in [0.3, 0.4) is 0 Å². The van der Waals surface area contributed by atoms with Gasteiger partial charge in [-0.15, -0.1) is 11.3 Å². The van der Waals surface area contributed by atoms with Crippen molar-refractivity contribution in [2.24, 2.45) is 0 Å². The number of carbonyl (C=O) groups excluding carboxylic acids is 1. The normalized spacial score (nSPS) is 10.5. The standard InChI is InChI=1S/C15H16BrNOS/c1-11-10-12(5-6-14(11)16)15(18)17(2)8-7-13-4-3-9-19-13/h3-6,9-10H,7-8H2,1-2H3. The third-order valence-electron chi connectivity index (χ3n) is 3.03. The van der Waals surface area contributed by atoms with Crippen LogP contribution in [-0.2, 0) is 6.42 Å². The molecule has 0 unspecified atom stereocenters. The average molecular weight is 338 g/mol. The van der Waals surface area contributed by atoms with Gasteiger partial charge in [-0.05, 0) is 48.6 Å². The summed E-state index contributed by atoms with van der Waals surface area (Å²) in [5.74, 6) is 0.0761. The van der Waals surface area contributed by atoms with E-state index in [-0.39, 0.29) is 5.91 Å². The molecular weight excluding hydrogens is 322 g/mol. The van der Waals surface area contributed by atoms with Crippen LogP contribution in [0, 0.1) is 6.92 Å². The van der Waals surface area contributed by atoms with Crippen molar-refractivity contribution < 1.29 is 4.79 Å². The van der Waals surface area contributed by atoms with E-state index < -0.39 is 0 Å². The quantitative estimate of drug-likeness (QED) is 0.821. The van der Waals surface area contributed by atoms with Gasteiger partial charge < -0.3 is 4.90 Å². The Balaban J connectivity index is 2.00. The van der Waals surface area contributed by atoms with E-state index in [1.165, 1.54) is 4.88 Å². The fourth-order valence-corrected chi connectivity index (χ4v) is 2.78. The highest BCUT2D eigenvalue weighted by Gasteiger charge is 2.12. The summed E-state index contributed by atoms with van der Waals surface area (Å²) in [7, 11) is 1.85. The monoisotopic (exact) mass is 337 g/mol. The zero-order valence-electron chi connectivity index (χ0n) is 11.0. The fraction of sp³-hybridized carbons (Fsp3) is 0.267. The lowest BCUT2D eigenvalue weighted by Crippen LogP contribution is -2.28. The van der Waals surface area contributed by atoms with E-state index in [1.807, 2.05) is 38.2 Å². The first kappa shape index (κ1) is 14.3. The summed E-state index contributed by atoms with van der Waals surface area (Å²) in [6.07, 6.45) is 0.912. The van der Waals surface area contributed by atoms with Gasteiger partial charge in [-0.1, -0.05) is 22.0 Å². The van der Waals surface area contributed by atoms with Crippen molar-refractivity contribution in [1.82, 2.24) is 4.90 Å². The van der Waals surface area contributed by atoms with Crippen molar-refractivity contribution in [3.05, 3.63) is 56.2 Å². The topological polar surface area (TPSA) is 20.3 Å². The van der Waals surface area contributed by atoms with Crippen LogP contribution in [-0.4, -0.2) is 24.4 Å². The van der Waals surface area contributed by atoms with Crippen LogP contribution in [0.25, 0.3) is 0 Å². The van der Waals surface area contributed by atoms with E-state index in [4.69, 9.17) is 0 Å². The molecule has 0 bridgehead atoms. The Hall–Kier alpha value is -1.13. The number of carbonyl (C=O) groups is 1. The number of hydrogen-bond donors (Lipinski definition) is 0. The highest BCUT2D eigenvalue weighted by atomic mass is 79.9. The second-order valence-corrected chi connectivity index (χ2v) is 6.41. The maximum Gasteiger partial charge on any atom is 0.253 e. The van der Waals surface area contributed by atoms with Crippen molar-refractivity contribution >= 4 is 33.2 Å². The van der Waals surface area contributed by atoms with Gasteiger partial charge in [0.15, 0.2) is 0 Å². The highest BCUT2D eigenvalue weighted by Crippen LogP contribution is 2.18. The molecule has 19 heavy (non-hydrogen) atoms. The molecular formula is C15H16BrNOS. The SMILES string of the molecule is Cc1cc(C(=O)N(C)CCc2cccs2)ccc1Br. The van der Waals surface area contributed by atoms with Crippen LogP contribution in [0.5, 0.6) is 0 Å². The largest absolute Gasteiger partial charge is 0.341 e. The maximum absolute atomic E-state index is 12.3. The molecule has 2 rings (SSSR count). The molecule has 0 fully saturated rings. The van der Waals surface area contributed by atoms with E-state index >= 15 is 0 Å². The predicted octanol–water partition coefficient (Wildman–Crippen LogP) is 4.13. The Morgan fingerprint density at radius 3 is 2.79 bits per heavy atom. The molecule has 0 saturated carbocycles. The van der Waals surface area contributed by atoms with Crippen LogP contribution in [0.15, 0.2) is 40.2 Å². The zero-order valence-corrected chi connectivity index (χ0v) is 13.4. The van der Waals surface area contributed by atoms with E-state index in [1.54, 1.807) is 16.2 Å². The minimum Gasteiger partial charge on any atom is -0.341 e. The van der Waals surface area contributed by atoms with Gasteiger partial charge in [-0.3, -0.25) is 4.79 Å². The van der Waals surface area contributed by atoms with Gasteiger partial charge in [0.05, 0.1) is 0 Å². The van der Waals surface area contributed by atoms with Gasteiger partial charge in [-0.2, -0.15) is 0 Å². The summed E-state index contributed by atoms with van der Waals surface area (Å²) in [6.45, 7) is 2.74. The summed E-state index contributed by atoms with van der Waals surface area (Å²) >= 11 is 5.18. The first-order valence-electron chi connectivity index (χ1n) is 6.12. The number of amides is 1. The first-order valence-corrected chi connectivity index (χ1v) is 7.79. The van der Waals surface area contributed by atoms with Crippen molar-refractivity contribution in [2.75, 3.05) is 13.6 Å². The highest BCUT2D eigenvalue weighted by molar-refractivity contribution is 9.10. The molecule has 0 spiro atoms. The Bertz CT molecular complexity index is 566. The van der Waals surface area contributed by atoms with Gasteiger partial charge >= 0.3 is 0 Å². The molecule has 2 aromatic rings. The molecule has 1 aromatic carbocycles. The molecule has 1 aromatic heterocycles. The Morgan fingerprint density at radius 1 is 1.37 bits per heavy atom. The first-order chi connectivity index (χ1) is 9.08. The van der Waals surface area contributed by atoms with Crippen LogP contribution in [0.1, 0.15) is 20.8 Å². The molecule has 4 heteroatoms. The Labute approximate surface area is 126 Å². The average Bonchev–Trinajstić information content (AvgIpc) is 2.91. The maximum atomic E-state index is 12.3. The van der Waals surface area contributed by atoms with Crippen molar-refractivity contribution in [1.29, 1.82) is 0 Å². The van der Waals surface area contributed by atoms with Crippen LogP contribution in [0.2, 0.25) is 0 Å². The second-order valence-electron chi connectivity index (χ2n) is 4.52. The fourth-order valence-electron chi connectivity index (χ4n) is 1.83. The summed E-state index contributed by atoms with van der Waals surface area (Å²) in [6, 6.07) is 9.86. The lowest BCUT2D eigenvalue weighted by Gasteiger charge is -2.17. The van der Waals surface area contributed by atoms with Gasteiger partial charge in [0, 0.05) is 28.5 Å². The van der Waals surface area contributed by atoms with E-state index in [0.29, 0.717) is 0 Å². The van der Waals surface area contributed by atoms with Gasteiger partial charge in [-0.25, -0.2) is 0 Å². The van der Waals surface area contributed by atoms with E-state index in [9.17, 15) is 4.79 Å². The van der Waals surface area contributed by atoms with Crippen molar-refractivity contribution in [3.63, 3.8) is 0 Å². The third-order valence-corrected chi connectivity index (χ3v) is 4.85. The summed E-state index contributed by atoms with van der Waals surface area (Å²) in [5.41, 5.74) is 1.83. The van der Waals surface area contributed by atoms with E-state index in [2.05, 4.69) is 27.4 Å². The summed E-state index contributed by atoms with van der Waals surface area (Å²) < 4.78 is 1.03. The third kappa shape index (κ3) is 3.67. The van der Waals surface area contributed by atoms with Gasteiger partial charge in [0.25, 0.3) is 5.91 Å². The number of hydrogen-bond acceptors (Lipinski definition) is 2. The number of nitrogens with zero attached hydrogens (tertiary/aromatic N) is 1. The predicted molar refractivity (Wildman–Crippen MR) is 83.9 cm³/mol. The molecule has 0 aliphatic rings. The molecule has 0 aliphatic carbocycles. The summed E-state index contributed by atoms with van der Waals surface area (Å²) in [4.78, 5) is 15.4. The number of thiophene rings is 1. The molecule has 1 heterocycles. The van der Waals surface area contributed by atoms with Gasteiger partial charge in [0.1, 0.15) is 0 Å². The molecule has 0 saturated heterocycles. The van der Waals surface area contributed by atoms with Crippen molar-refractivity contribution in [2.45, 2.75) is 13.3 Å². The lowest BCUT2D eigenvalue weighted by molar-refractivity contribution is 0.0797. The lowest BCUT2D eigenvalue weighted by atomic mass is 10.1. The Kier molecular flexibility index (Phi) is 4.77. The second kappa shape index (κ2) is 6.35. The molecule has 100 valence electrons. The zero-order chi connectivity index (χ0) is 13.8. The van der Waals surface area contributed by atoms with Crippen molar-refractivity contribution in [3.8, 4) is 0 Å². The number of aryl methyl sites for hydroxylation is 1. The van der Waals surface area contributed by atoms with E-state index in [0.717, 1.165) is 28.6 Å². The van der Waals surface area contributed by atoms with Crippen LogP contribution < -0.4 is 0 Å². The molecule has 1 amide bonds. The molecule has 0 atom stereocenters. The number of halogens is 1. The number of likely N-dealkylation sites (N-methyl/N-ethyl adjacent to an activating group) is 1. The molecule has 0 N–H and O–H groups in total. The summed E-state index contributed by atoms with van der Waals surface area (Å²) in [5, 5.41) is 2.06. The number of benzene rings is 1. The molecule has 2 nitrogen and oxygen atoms in total.